The molecule has 2 amide bonds. The number of ether oxygens (including phenoxy) is 1. The minimum atomic E-state index is -4.18. The molecule has 1 N–H and O–H groups in total. The Morgan fingerprint density at radius 1 is 1.00 bits per heavy atom. The van der Waals surface area contributed by atoms with Gasteiger partial charge in [0, 0.05) is 18.6 Å². The largest absolute Gasteiger partial charge is 0.494 e. The number of nitrogens with one attached hydrogen (secondary N) is 1. The van der Waals surface area contributed by atoms with Crippen LogP contribution in [0.3, 0.4) is 0 Å². The van der Waals surface area contributed by atoms with E-state index in [1.54, 1.807) is 24.3 Å². The number of rotatable bonds is 12. The Morgan fingerprint density at radius 3 is 2.23 bits per heavy atom. The quantitative estimate of drug-likeness (QED) is 0.337. The molecule has 0 aromatic heterocycles. The molecule has 0 fully saturated rings. The summed E-state index contributed by atoms with van der Waals surface area (Å²) in [5.74, 6) is -0.270. The summed E-state index contributed by atoms with van der Waals surface area (Å²) >= 11 is 5.99. The lowest BCUT2D eigenvalue weighted by atomic mass is 10.1. The van der Waals surface area contributed by atoms with Gasteiger partial charge in [-0.3, -0.25) is 13.9 Å². The number of hydrogen-bond acceptors (Lipinski definition) is 5. The molecule has 1 atom stereocenters. The summed E-state index contributed by atoms with van der Waals surface area (Å²) in [6.07, 6.45) is 0.351. The Morgan fingerprint density at radius 2 is 1.67 bits per heavy atom. The zero-order valence-corrected chi connectivity index (χ0v) is 24.1. The second-order valence-corrected chi connectivity index (χ2v) is 11.2. The van der Waals surface area contributed by atoms with Crippen molar-refractivity contribution in [2.45, 2.75) is 44.7 Å². The highest BCUT2D eigenvalue weighted by molar-refractivity contribution is 7.92. The highest BCUT2D eigenvalue weighted by Gasteiger charge is 2.33. The standard InChI is InChI=1S/C29H34ClN3O5S/c1-5-27(29(35)31-4)32(19-22-9-7-8-21(3)18-22)28(34)20-33(24-12-14-25(15-13-24)38-6-2)39(36,37)26-16-10-23(30)11-17-26/h7-18,27H,5-6,19-20H2,1-4H3,(H,31,35). The number of amides is 2. The molecule has 3 aromatic rings. The summed E-state index contributed by atoms with van der Waals surface area (Å²) in [5.41, 5.74) is 2.12. The first kappa shape index (κ1) is 30.0. The number of carbonyl (C=O) groups is 2. The van der Waals surface area contributed by atoms with Crippen molar-refractivity contribution in [3.63, 3.8) is 0 Å². The van der Waals surface area contributed by atoms with Gasteiger partial charge in [-0.1, -0.05) is 48.4 Å². The van der Waals surface area contributed by atoms with Gasteiger partial charge in [0.05, 0.1) is 17.2 Å². The van der Waals surface area contributed by atoms with Crippen LogP contribution in [0.1, 0.15) is 31.4 Å². The van der Waals surface area contributed by atoms with Gasteiger partial charge in [-0.05, 0) is 74.4 Å². The van der Waals surface area contributed by atoms with Crippen LogP contribution < -0.4 is 14.4 Å². The van der Waals surface area contributed by atoms with E-state index in [-0.39, 0.29) is 23.0 Å². The van der Waals surface area contributed by atoms with Crippen molar-refractivity contribution in [1.82, 2.24) is 10.2 Å². The van der Waals surface area contributed by atoms with Crippen molar-refractivity contribution < 1.29 is 22.7 Å². The summed E-state index contributed by atoms with van der Waals surface area (Å²) in [4.78, 5) is 28.1. The maximum atomic E-state index is 13.9. The van der Waals surface area contributed by atoms with Crippen molar-refractivity contribution in [1.29, 1.82) is 0 Å². The first-order valence-electron chi connectivity index (χ1n) is 12.7. The Balaban J connectivity index is 2.06. The molecule has 39 heavy (non-hydrogen) atoms. The topological polar surface area (TPSA) is 96.0 Å². The van der Waals surface area contributed by atoms with E-state index in [1.165, 1.54) is 36.2 Å². The Bertz CT molecular complexity index is 1380. The molecule has 0 spiro atoms. The maximum absolute atomic E-state index is 13.9. The predicted octanol–water partition coefficient (Wildman–Crippen LogP) is 4.80. The molecule has 8 nitrogen and oxygen atoms in total. The lowest BCUT2D eigenvalue weighted by molar-refractivity contribution is -0.140. The Labute approximate surface area is 235 Å². The molecule has 0 aliphatic carbocycles. The maximum Gasteiger partial charge on any atom is 0.264 e. The normalized spacial score (nSPS) is 11.9. The van der Waals surface area contributed by atoms with Gasteiger partial charge in [-0.15, -0.1) is 0 Å². The van der Waals surface area contributed by atoms with Crippen molar-refractivity contribution in [3.05, 3.63) is 88.9 Å². The van der Waals surface area contributed by atoms with Crippen molar-refractivity contribution in [2.75, 3.05) is 24.5 Å². The van der Waals surface area contributed by atoms with Crippen LogP contribution in [0.25, 0.3) is 0 Å². The summed E-state index contributed by atoms with van der Waals surface area (Å²) in [6.45, 7) is 5.69. The third-order valence-corrected chi connectivity index (χ3v) is 8.22. The van der Waals surface area contributed by atoms with Gasteiger partial charge >= 0.3 is 0 Å². The average Bonchev–Trinajstić information content (AvgIpc) is 2.92. The van der Waals surface area contributed by atoms with E-state index in [9.17, 15) is 18.0 Å². The summed E-state index contributed by atoms with van der Waals surface area (Å²) in [5, 5.41) is 3.01. The molecule has 208 valence electrons. The number of aryl methyl sites for hydroxylation is 1. The molecule has 0 saturated heterocycles. The molecule has 0 saturated carbocycles. The van der Waals surface area contributed by atoms with Crippen molar-refractivity contribution in [3.8, 4) is 5.75 Å². The number of halogens is 1. The van der Waals surface area contributed by atoms with Crippen LogP contribution in [-0.4, -0.2) is 51.4 Å². The first-order valence-corrected chi connectivity index (χ1v) is 14.5. The smallest absolute Gasteiger partial charge is 0.264 e. The van der Waals surface area contributed by atoms with E-state index in [1.807, 2.05) is 45.0 Å². The van der Waals surface area contributed by atoms with Crippen LogP contribution in [0.15, 0.2) is 77.7 Å². The van der Waals surface area contributed by atoms with Crippen LogP contribution in [-0.2, 0) is 26.2 Å². The molecule has 0 radical (unpaired) electrons. The molecule has 1 unspecified atom stereocenters. The molecular weight excluding hydrogens is 538 g/mol. The van der Waals surface area contributed by atoms with E-state index in [4.69, 9.17) is 16.3 Å². The van der Waals surface area contributed by atoms with E-state index in [0.717, 1.165) is 15.4 Å². The third-order valence-electron chi connectivity index (χ3n) is 6.18. The average molecular weight is 572 g/mol. The van der Waals surface area contributed by atoms with Gasteiger partial charge in [0.25, 0.3) is 10.0 Å². The van der Waals surface area contributed by atoms with Gasteiger partial charge in [-0.25, -0.2) is 8.42 Å². The summed E-state index contributed by atoms with van der Waals surface area (Å²) in [7, 11) is -2.67. The fourth-order valence-electron chi connectivity index (χ4n) is 4.23. The molecular formula is C29H34ClN3O5S. The van der Waals surface area contributed by atoms with Crippen molar-refractivity contribution >= 4 is 39.1 Å². The van der Waals surface area contributed by atoms with E-state index in [2.05, 4.69) is 5.32 Å². The highest BCUT2D eigenvalue weighted by atomic mass is 35.5. The van der Waals surface area contributed by atoms with Gasteiger partial charge in [0.15, 0.2) is 0 Å². The van der Waals surface area contributed by atoms with Crippen LogP contribution in [0.4, 0.5) is 5.69 Å². The Kier molecular flexibility index (Phi) is 10.4. The number of likely N-dealkylation sites (N-methyl/N-ethyl adjacent to an activating group) is 1. The number of sulfonamides is 1. The summed E-state index contributed by atoms with van der Waals surface area (Å²) in [6, 6.07) is 19.1. The second kappa shape index (κ2) is 13.5. The molecule has 0 aliphatic heterocycles. The van der Waals surface area contributed by atoms with Crippen LogP contribution in [0.2, 0.25) is 5.02 Å². The molecule has 3 aromatic carbocycles. The number of carbonyl (C=O) groups excluding carboxylic acids is 2. The van der Waals surface area contributed by atoms with Crippen LogP contribution in [0.5, 0.6) is 5.75 Å². The van der Waals surface area contributed by atoms with E-state index in [0.29, 0.717) is 23.8 Å². The second-order valence-electron chi connectivity index (χ2n) is 8.94. The first-order chi connectivity index (χ1) is 18.6. The minimum Gasteiger partial charge on any atom is -0.494 e. The molecule has 10 heteroatoms. The highest BCUT2D eigenvalue weighted by Crippen LogP contribution is 2.27. The zero-order chi connectivity index (χ0) is 28.6. The fourth-order valence-corrected chi connectivity index (χ4v) is 5.77. The monoisotopic (exact) mass is 571 g/mol. The fraction of sp³-hybridized carbons (Fsp3) is 0.310. The van der Waals surface area contributed by atoms with Gasteiger partial charge in [0.2, 0.25) is 11.8 Å². The van der Waals surface area contributed by atoms with Gasteiger partial charge < -0.3 is 15.0 Å². The van der Waals surface area contributed by atoms with Crippen molar-refractivity contribution in [2.24, 2.45) is 0 Å². The SMILES string of the molecule is CCOc1ccc(N(CC(=O)N(Cc2cccc(C)c2)C(CC)C(=O)NC)S(=O)(=O)c2ccc(Cl)cc2)cc1. The van der Waals surface area contributed by atoms with Crippen LogP contribution in [0, 0.1) is 6.92 Å². The number of anilines is 1. The zero-order valence-electron chi connectivity index (χ0n) is 22.6. The van der Waals surface area contributed by atoms with Gasteiger partial charge in [-0.2, -0.15) is 0 Å². The molecule has 0 heterocycles. The molecule has 3 rings (SSSR count). The van der Waals surface area contributed by atoms with E-state index < -0.39 is 28.5 Å². The molecule has 0 aliphatic rings. The Hall–Kier alpha value is -3.56. The third kappa shape index (κ3) is 7.52. The number of hydrogen-bond donors (Lipinski definition) is 1. The predicted molar refractivity (Wildman–Crippen MR) is 153 cm³/mol. The molecule has 0 bridgehead atoms. The van der Waals surface area contributed by atoms with E-state index >= 15 is 0 Å². The number of nitrogens with zero attached hydrogens (tertiary/aromatic N) is 2. The summed E-state index contributed by atoms with van der Waals surface area (Å²) < 4.78 is 34.2. The lowest BCUT2D eigenvalue weighted by Crippen LogP contribution is -2.51. The lowest BCUT2D eigenvalue weighted by Gasteiger charge is -2.33. The minimum absolute atomic E-state index is 0.0165. The van der Waals surface area contributed by atoms with Gasteiger partial charge in [0.1, 0.15) is 18.3 Å². The van der Waals surface area contributed by atoms with Crippen LogP contribution >= 0.6 is 11.6 Å². The number of benzene rings is 3.